The van der Waals surface area contributed by atoms with E-state index in [1.165, 1.54) is 6.26 Å². The summed E-state index contributed by atoms with van der Waals surface area (Å²) in [6, 6.07) is 1.20. The lowest BCUT2D eigenvalue weighted by Gasteiger charge is -2.32. The minimum absolute atomic E-state index is 0.0788. The van der Waals surface area contributed by atoms with E-state index in [1.54, 1.807) is 18.2 Å². The molecule has 0 bridgehead atoms. The summed E-state index contributed by atoms with van der Waals surface area (Å²) in [5.41, 5.74) is 2.10. The van der Waals surface area contributed by atoms with Gasteiger partial charge in [-0.25, -0.2) is 18.6 Å². The zero-order chi connectivity index (χ0) is 28.9. The molecule has 3 fully saturated rings. The van der Waals surface area contributed by atoms with Crippen LogP contribution in [0.25, 0.3) is 11.1 Å². The second-order valence-electron chi connectivity index (χ2n) is 11.2. The van der Waals surface area contributed by atoms with Gasteiger partial charge < -0.3 is 24.5 Å². The monoisotopic (exact) mass is 581 g/mol. The smallest absolute Gasteiger partial charge is 0.410 e. The first kappa shape index (κ1) is 27.5. The van der Waals surface area contributed by atoms with E-state index in [2.05, 4.69) is 15.5 Å². The van der Waals surface area contributed by atoms with Crippen LogP contribution in [0.2, 0.25) is 0 Å². The second-order valence-corrected chi connectivity index (χ2v) is 11.2. The molecular weight excluding hydrogens is 553 g/mol. The van der Waals surface area contributed by atoms with Crippen molar-refractivity contribution in [3.63, 3.8) is 0 Å². The summed E-state index contributed by atoms with van der Waals surface area (Å²) < 4.78 is 78.1. The Hall–Kier alpha value is -3.71. The average Bonchev–Trinajstić information content (AvgIpc) is 3.60. The second kappa shape index (κ2) is 10.3. The molecule has 1 saturated heterocycles. The van der Waals surface area contributed by atoms with Crippen molar-refractivity contribution in [1.82, 2.24) is 25.7 Å². The molecule has 41 heavy (non-hydrogen) atoms. The third-order valence-corrected chi connectivity index (χ3v) is 8.37. The van der Waals surface area contributed by atoms with Gasteiger partial charge in [0, 0.05) is 24.9 Å². The number of oxazole rings is 1. The molecule has 2 aromatic heterocycles. The molecule has 3 aliphatic rings. The number of urea groups is 1. The van der Waals surface area contributed by atoms with E-state index < -0.39 is 42.7 Å². The number of halogens is 5. The molecule has 9 nitrogen and oxygen atoms in total. The predicted octanol–water partition coefficient (Wildman–Crippen LogP) is 5.84. The lowest BCUT2D eigenvalue weighted by Crippen LogP contribution is -2.40. The van der Waals surface area contributed by atoms with E-state index in [-0.39, 0.29) is 55.6 Å². The van der Waals surface area contributed by atoms with E-state index in [0.29, 0.717) is 22.2 Å². The minimum Gasteiger partial charge on any atom is -0.438 e. The summed E-state index contributed by atoms with van der Waals surface area (Å²) in [6.45, 7) is -0.597. The van der Waals surface area contributed by atoms with Crippen LogP contribution < -0.4 is 10.6 Å². The number of benzene rings is 1. The molecule has 0 radical (unpaired) electrons. The SMILES string of the molecule is O=C(NC(c1nc2cc(CN3CC(C(F)(F)F)NC3=O)ccc2o1)C1CCC(F)(F)CC1)c1nocc1C1CCC1. The topological polar surface area (TPSA) is 114 Å². The predicted molar refractivity (Wildman–Crippen MR) is 133 cm³/mol. The Bertz CT molecular complexity index is 1440. The zero-order valence-electron chi connectivity index (χ0n) is 21.8. The summed E-state index contributed by atoms with van der Waals surface area (Å²) in [5, 5.41) is 8.74. The van der Waals surface area contributed by atoms with Gasteiger partial charge in [-0.1, -0.05) is 17.6 Å². The van der Waals surface area contributed by atoms with Gasteiger partial charge in [0.15, 0.2) is 11.3 Å². The Morgan fingerprint density at radius 2 is 1.95 bits per heavy atom. The fourth-order valence-corrected chi connectivity index (χ4v) is 5.77. The lowest BCUT2D eigenvalue weighted by molar-refractivity contribution is -0.149. The zero-order valence-corrected chi connectivity index (χ0v) is 21.8. The Labute approximate surface area is 230 Å². The Morgan fingerprint density at radius 1 is 1.20 bits per heavy atom. The quantitative estimate of drug-likeness (QED) is 0.339. The Kier molecular flexibility index (Phi) is 6.89. The average molecular weight is 582 g/mol. The summed E-state index contributed by atoms with van der Waals surface area (Å²) in [5.74, 6) is -3.35. The third-order valence-electron chi connectivity index (χ3n) is 8.37. The standard InChI is InChI=1S/C27H28F5N5O4/c28-26(29)8-6-16(7-9-26)21(35-23(38)22-17(13-40-36-22)15-2-1-3-15)24-33-18-10-14(4-5-19(18)41-24)11-37-12-20(27(30,31)32)34-25(37)39/h4-5,10,13,15-16,20-21H,1-3,6-9,11-12H2,(H,34,39)(H,35,38). The van der Waals surface area contributed by atoms with Gasteiger partial charge in [0.2, 0.25) is 11.8 Å². The number of nitrogens with zero attached hydrogens (tertiary/aromatic N) is 3. The maximum absolute atomic E-state index is 14.0. The van der Waals surface area contributed by atoms with Crippen molar-refractivity contribution in [2.75, 3.05) is 6.54 Å². The first-order valence-corrected chi connectivity index (χ1v) is 13.6. The number of rotatable bonds is 7. The van der Waals surface area contributed by atoms with Gasteiger partial charge in [-0.05, 0) is 55.2 Å². The fraction of sp³-hybridized carbons (Fsp3) is 0.556. The van der Waals surface area contributed by atoms with Crippen LogP contribution in [0.1, 0.15) is 84.4 Å². The van der Waals surface area contributed by atoms with Gasteiger partial charge in [0.05, 0.1) is 6.54 Å². The van der Waals surface area contributed by atoms with Crippen molar-refractivity contribution in [3.8, 4) is 0 Å². The minimum atomic E-state index is -4.55. The van der Waals surface area contributed by atoms with Crippen LogP contribution in [-0.2, 0) is 6.54 Å². The van der Waals surface area contributed by atoms with Gasteiger partial charge in [-0.3, -0.25) is 4.79 Å². The molecule has 2 N–H and O–H groups in total. The summed E-state index contributed by atoms with van der Waals surface area (Å²) >= 11 is 0. The molecule has 2 saturated carbocycles. The van der Waals surface area contributed by atoms with Crippen molar-refractivity contribution in [1.29, 1.82) is 0 Å². The fourth-order valence-electron chi connectivity index (χ4n) is 5.77. The highest BCUT2D eigenvalue weighted by molar-refractivity contribution is 5.94. The Morgan fingerprint density at radius 3 is 2.61 bits per heavy atom. The van der Waals surface area contributed by atoms with Crippen LogP contribution in [0.15, 0.2) is 33.4 Å². The van der Waals surface area contributed by atoms with Crippen LogP contribution in [0.4, 0.5) is 26.7 Å². The largest absolute Gasteiger partial charge is 0.438 e. The van der Waals surface area contributed by atoms with E-state index in [9.17, 15) is 31.5 Å². The van der Waals surface area contributed by atoms with E-state index >= 15 is 0 Å². The van der Waals surface area contributed by atoms with Crippen LogP contribution in [0.3, 0.4) is 0 Å². The normalized spacial score (nSPS) is 22.5. The molecule has 1 aliphatic heterocycles. The lowest BCUT2D eigenvalue weighted by atomic mass is 9.80. The van der Waals surface area contributed by atoms with Crippen molar-refractivity contribution >= 4 is 23.0 Å². The molecule has 6 rings (SSSR count). The van der Waals surface area contributed by atoms with Crippen LogP contribution in [0.5, 0.6) is 0 Å². The number of carbonyl (C=O) groups is 2. The van der Waals surface area contributed by atoms with Gasteiger partial charge in [-0.15, -0.1) is 0 Å². The molecule has 2 unspecified atom stereocenters. The van der Waals surface area contributed by atoms with Crippen LogP contribution in [-0.4, -0.2) is 51.7 Å². The molecule has 3 aromatic rings. The number of amides is 3. The highest BCUT2D eigenvalue weighted by Gasteiger charge is 2.47. The first-order chi connectivity index (χ1) is 19.5. The molecule has 3 amide bonds. The molecule has 1 aromatic carbocycles. The maximum Gasteiger partial charge on any atom is 0.410 e. The molecule has 3 heterocycles. The number of aromatic nitrogens is 2. The highest BCUT2D eigenvalue weighted by atomic mass is 19.4. The number of hydrogen-bond donors (Lipinski definition) is 2. The molecular formula is C27H28F5N5O4. The Balaban J connectivity index is 1.24. The van der Waals surface area contributed by atoms with Crippen LogP contribution in [0, 0.1) is 5.92 Å². The number of hydrogen-bond acceptors (Lipinski definition) is 6. The van der Waals surface area contributed by atoms with E-state index in [1.807, 2.05) is 5.32 Å². The summed E-state index contributed by atoms with van der Waals surface area (Å²) in [6.07, 6.45) is -0.577. The number of nitrogens with one attached hydrogen (secondary N) is 2. The molecule has 220 valence electrons. The first-order valence-electron chi connectivity index (χ1n) is 13.6. The molecule has 0 spiro atoms. The van der Waals surface area contributed by atoms with Gasteiger partial charge in [0.25, 0.3) is 5.91 Å². The van der Waals surface area contributed by atoms with Crippen molar-refractivity contribution in [2.24, 2.45) is 5.92 Å². The van der Waals surface area contributed by atoms with Gasteiger partial charge in [-0.2, -0.15) is 13.2 Å². The third kappa shape index (κ3) is 5.60. The van der Waals surface area contributed by atoms with Crippen LogP contribution >= 0.6 is 0 Å². The number of carbonyl (C=O) groups excluding carboxylic acids is 2. The van der Waals surface area contributed by atoms with Crippen molar-refractivity contribution in [3.05, 3.63) is 47.2 Å². The molecule has 2 atom stereocenters. The van der Waals surface area contributed by atoms with Gasteiger partial charge in [0.1, 0.15) is 23.9 Å². The highest BCUT2D eigenvalue weighted by Crippen LogP contribution is 2.42. The van der Waals surface area contributed by atoms with Crippen molar-refractivity contribution in [2.45, 2.75) is 81.6 Å². The summed E-state index contributed by atoms with van der Waals surface area (Å²) in [4.78, 5) is 31.0. The van der Waals surface area contributed by atoms with Gasteiger partial charge >= 0.3 is 12.2 Å². The number of fused-ring (bicyclic) bond motifs is 1. The molecule has 2 aliphatic carbocycles. The van der Waals surface area contributed by atoms with E-state index in [4.69, 9.17) is 8.94 Å². The van der Waals surface area contributed by atoms with Crippen molar-refractivity contribution < 1.29 is 40.5 Å². The summed E-state index contributed by atoms with van der Waals surface area (Å²) in [7, 11) is 0. The number of alkyl halides is 5. The van der Waals surface area contributed by atoms with E-state index in [0.717, 1.165) is 24.2 Å². The maximum atomic E-state index is 14.0. The molecule has 14 heteroatoms.